The molecule has 196 valence electrons. The zero-order chi connectivity index (χ0) is 26.9. The first-order valence-electron chi connectivity index (χ1n) is 11.7. The van der Waals surface area contributed by atoms with E-state index in [0.717, 1.165) is 5.39 Å². The first-order valence-corrected chi connectivity index (χ1v) is 13.3. The Kier molecular flexibility index (Phi) is 7.04. The normalized spacial score (nSPS) is 14.6. The van der Waals surface area contributed by atoms with E-state index in [1.54, 1.807) is 36.5 Å². The molecule has 1 amide bonds. The number of fused-ring (bicyclic) bond motifs is 2. The number of rotatable bonds is 6. The lowest BCUT2D eigenvalue weighted by Crippen LogP contribution is -2.23. The Hall–Kier alpha value is -3.96. The fourth-order valence-electron chi connectivity index (χ4n) is 4.20. The SMILES string of the molecule is COc1cc(C(F)F)ccc1-c1ccc2cnc(CNC(=O)c3ccc4c(c3)S(=O)(=O)CCOC4)cc2n1. The number of halogens is 2. The van der Waals surface area contributed by atoms with Crippen LogP contribution in [0.4, 0.5) is 8.78 Å². The largest absolute Gasteiger partial charge is 0.496 e. The highest BCUT2D eigenvalue weighted by Crippen LogP contribution is 2.33. The number of hydrogen-bond donors (Lipinski definition) is 1. The lowest BCUT2D eigenvalue weighted by atomic mass is 10.1. The van der Waals surface area contributed by atoms with Crippen molar-refractivity contribution in [2.24, 2.45) is 0 Å². The Morgan fingerprint density at radius 3 is 2.76 bits per heavy atom. The van der Waals surface area contributed by atoms with Crippen LogP contribution in [0.3, 0.4) is 0 Å². The summed E-state index contributed by atoms with van der Waals surface area (Å²) in [6, 6.07) is 14.0. The molecule has 11 heteroatoms. The number of carbonyl (C=O) groups is 1. The highest BCUT2D eigenvalue weighted by molar-refractivity contribution is 7.91. The summed E-state index contributed by atoms with van der Waals surface area (Å²) >= 11 is 0. The third-order valence-electron chi connectivity index (χ3n) is 6.23. The van der Waals surface area contributed by atoms with Crippen molar-refractivity contribution in [3.63, 3.8) is 0 Å². The molecule has 1 aliphatic rings. The summed E-state index contributed by atoms with van der Waals surface area (Å²) < 4.78 is 61.9. The Labute approximate surface area is 217 Å². The highest BCUT2D eigenvalue weighted by atomic mass is 32.2. The van der Waals surface area contributed by atoms with Crippen LogP contribution in [0.25, 0.3) is 22.2 Å². The van der Waals surface area contributed by atoms with Crippen molar-refractivity contribution in [1.29, 1.82) is 0 Å². The predicted molar refractivity (Wildman–Crippen MR) is 136 cm³/mol. The second-order valence-corrected chi connectivity index (χ2v) is 10.8. The van der Waals surface area contributed by atoms with Crippen LogP contribution in [-0.4, -0.2) is 43.8 Å². The minimum atomic E-state index is -3.54. The summed E-state index contributed by atoms with van der Waals surface area (Å²) in [4.78, 5) is 21.9. The van der Waals surface area contributed by atoms with Gasteiger partial charge in [-0.1, -0.05) is 12.1 Å². The fourth-order valence-corrected chi connectivity index (χ4v) is 5.59. The number of aromatic nitrogens is 2. The summed E-state index contributed by atoms with van der Waals surface area (Å²) in [5.74, 6) is -0.297. The minimum absolute atomic E-state index is 0.0834. The number of alkyl halides is 2. The summed E-state index contributed by atoms with van der Waals surface area (Å²) in [5.41, 5.74) is 2.83. The van der Waals surface area contributed by atoms with Crippen molar-refractivity contribution >= 4 is 26.6 Å². The van der Waals surface area contributed by atoms with Crippen LogP contribution in [0, 0.1) is 0 Å². The van der Waals surface area contributed by atoms with Gasteiger partial charge in [0.05, 0.1) is 54.4 Å². The number of methoxy groups -OCH3 is 1. The number of ether oxygens (including phenoxy) is 2. The van der Waals surface area contributed by atoms with Crippen LogP contribution in [-0.2, 0) is 27.7 Å². The molecular weight excluding hydrogens is 516 g/mol. The Morgan fingerprint density at radius 1 is 1.13 bits per heavy atom. The van der Waals surface area contributed by atoms with Crippen LogP contribution >= 0.6 is 0 Å². The van der Waals surface area contributed by atoms with Crippen molar-refractivity contribution in [2.45, 2.75) is 24.5 Å². The molecule has 0 fully saturated rings. The molecule has 8 nitrogen and oxygen atoms in total. The molecule has 0 radical (unpaired) electrons. The molecule has 3 heterocycles. The van der Waals surface area contributed by atoms with Gasteiger partial charge in [0.1, 0.15) is 5.75 Å². The second kappa shape index (κ2) is 10.4. The quantitative estimate of drug-likeness (QED) is 0.385. The maximum Gasteiger partial charge on any atom is 0.263 e. The molecule has 0 spiro atoms. The molecule has 2 aromatic carbocycles. The summed E-state index contributed by atoms with van der Waals surface area (Å²) in [6.45, 7) is 0.366. The number of amides is 1. The maximum atomic E-state index is 13.1. The first kappa shape index (κ1) is 25.7. The number of carbonyl (C=O) groups excluding carboxylic acids is 1. The van der Waals surface area contributed by atoms with E-state index in [0.29, 0.717) is 28.0 Å². The molecular formula is C27H23F2N3O5S. The number of benzene rings is 2. The average Bonchev–Trinajstić information content (AvgIpc) is 3.08. The molecule has 4 aromatic rings. The molecule has 0 saturated heterocycles. The molecule has 0 unspecified atom stereocenters. The van der Waals surface area contributed by atoms with E-state index in [-0.39, 0.29) is 47.3 Å². The van der Waals surface area contributed by atoms with E-state index in [2.05, 4.69) is 15.3 Å². The molecule has 2 aromatic heterocycles. The minimum Gasteiger partial charge on any atom is -0.496 e. The van der Waals surface area contributed by atoms with Crippen LogP contribution in [0.1, 0.15) is 33.6 Å². The smallest absolute Gasteiger partial charge is 0.263 e. The Bertz CT molecular complexity index is 1640. The van der Waals surface area contributed by atoms with Gasteiger partial charge in [0.2, 0.25) is 0 Å². The lowest BCUT2D eigenvalue weighted by molar-refractivity contribution is 0.0950. The number of hydrogen-bond acceptors (Lipinski definition) is 7. The predicted octanol–water partition coefficient (Wildman–Crippen LogP) is 4.48. The van der Waals surface area contributed by atoms with Crippen LogP contribution in [0.2, 0.25) is 0 Å². The van der Waals surface area contributed by atoms with E-state index in [9.17, 15) is 22.0 Å². The van der Waals surface area contributed by atoms with E-state index in [4.69, 9.17) is 9.47 Å². The van der Waals surface area contributed by atoms with Gasteiger partial charge in [-0.25, -0.2) is 22.2 Å². The van der Waals surface area contributed by atoms with E-state index in [1.807, 2.05) is 6.07 Å². The monoisotopic (exact) mass is 539 g/mol. The molecule has 38 heavy (non-hydrogen) atoms. The number of pyridine rings is 2. The lowest BCUT2D eigenvalue weighted by Gasteiger charge is -2.11. The maximum absolute atomic E-state index is 13.1. The first-order chi connectivity index (χ1) is 18.2. The van der Waals surface area contributed by atoms with Crippen molar-refractivity contribution in [3.05, 3.63) is 83.2 Å². The van der Waals surface area contributed by atoms with Crippen molar-refractivity contribution in [2.75, 3.05) is 19.5 Å². The number of nitrogens with zero attached hydrogens (tertiary/aromatic N) is 2. The van der Waals surface area contributed by atoms with Crippen molar-refractivity contribution < 1.29 is 31.5 Å². The standard InChI is InChI=1S/C27H23F2N3O5S/c1-36-24-10-16(26(28)29)4-6-21(24)22-7-5-18-13-30-20(12-23(18)32-22)14-31-27(33)17-2-3-19-15-37-8-9-38(34,35)25(19)11-17/h2-7,10-13,26H,8-9,14-15H2,1H3,(H,31,33). The summed E-state index contributed by atoms with van der Waals surface area (Å²) in [6.07, 6.45) is -0.991. The third kappa shape index (κ3) is 5.20. The Morgan fingerprint density at radius 2 is 1.97 bits per heavy atom. The second-order valence-electron chi connectivity index (χ2n) is 8.70. The van der Waals surface area contributed by atoms with Crippen molar-refractivity contribution in [1.82, 2.24) is 15.3 Å². The molecule has 5 rings (SSSR count). The molecule has 0 atom stereocenters. The van der Waals surface area contributed by atoms with Gasteiger partial charge in [0.15, 0.2) is 9.84 Å². The molecule has 0 saturated carbocycles. The number of sulfone groups is 1. The number of nitrogens with one attached hydrogen (secondary N) is 1. The average molecular weight is 540 g/mol. The summed E-state index contributed by atoms with van der Waals surface area (Å²) in [7, 11) is -2.13. The van der Waals surface area contributed by atoms with Gasteiger partial charge in [0, 0.05) is 28.3 Å². The van der Waals surface area contributed by atoms with Crippen LogP contribution in [0.15, 0.2) is 65.7 Å². The van der Waals surface area contributed by atoms with Gasteiger partial charge in [0.25, 0.3) is 12.3 Å². The van der Waals surface area contributed by atoms with Gasteiger partial charge in [-0.2, -0.15) is 0 Å². The highest BCUT2D eigenvalue weighted by Gasteiger charge is 2.23. The van der Waals surface area contributed by atoms with E-state index >= 15 is 0 Å². The van der Waals surface area contributed by atoms with Gasteiger partial charge >= 0.3 is 0 Å². The third-order valence-corrected chi connectivity index (χ3v) is 7.99. The molecule has 0 aliphatic carbocycles. The van der Waals surface area contributed by atoms with Gasteiger partial charge < -0.3 is 14.8 Å². The summed E-state index contributed by atoms with van der Waals surface area (Å²) in [5, 5.41) is 3.52. The van der Waals surface area contributed by atoms with Gasteiger partial charge in [-0.3, -0.25) is 9.78 Å². The van der Waals surface area contributed by atoms with E-state index in [1.165, 1.54) is 25.3 Å². The zero-order valence-electron chi connectivity index (χ0n) is 20.3. The van der Waals surface area contributed by atoms with Crippen LogP contribution < -0.4 is 10.1 Å². The van der Waals surface area contributed by atoms with E-state index < -0.39 is 22.2 Å². The van der Waals surface area contributed by atoms with Crippen molar-refractivity contribution in [3.8, 4) is 17.0 Å². The fraction of sp³-hybridized carbons (Fsp3) is 0.222. The van der Waals surface area contributed by atoms with Gasteiger partial charge in [-0.05, 0) is 48.0 Å². The Balaban J connectivity index is 1.37. The van der Waals surface area contributed by atoms with Crippen LogP contribution in [0.5, 0.6) is 5.75 Å². The molecule has 0 bridgehead atoms. The topological polar surface area (TPSA) is 107 Å². The van der Waals surface area contributed by atoms with Gasteiger partial charge in [-0.15, -0.1) is 0 Å². The molecule has 1 aliphatic heterocycles. The zero-order valence-corrected chi connectivity index (χ0v) is 21.1. The molecule has 1 N–H and O–H groups in total.